The summed E-state index contributed by atoms with van der Waals surface area (Å²) in [5.41, 5.74) is -0.215. The lowest BCUT2D eigenvalue weighted by Crippen LogP contribution is -2.59. The summed E-state index contributed by atoms with van der Waals surface area (Å²) in [4.78, 5) is 14.7. The van der Waals surface area contributed by atoms with Crippen LogP contribution in [0.1, 0.15) is 27.2 Å². The van der Waals surface area contributed by atoms with Gasteiger partial charge in [0.15, 0.2) is 0 Å². The van der Waals surface area contributed by atoms with Crippen LogP contribution in [0.25, 0.3) is 0 Å². The zero-order valence-corrected chi connectivity index (χ0v) is 12.3. The average molecular weight is 270 g/mol. The number of carbonyl (C=O) groups excluding carboxylic acids is 1. The molecule has 19 heavy (non-hydrogen) atoms. The minimum atomic E-state index is -0.215. The second-order valence-electron chi connectivity index (χ2n) is 6.06. The Kier molecular flexibility index (Phi) is 4.81. The number of nitrogens with zero attached hydrogens (tertiary/aromatic N) is 1. The van der Waals surface area contributed by atoms with Crippen LogP contribution in [-0.4, -0.2) is 61.9 Å². The van der Waals surface area contributed by atoms with Crippen molar-refractivity contribution in [2.45, 2.75) is 38.8 Å². The summed E-state index contributed by atoms with van der Waals surface area (Å²) in [5.74, 6) is 0.156. The SMILES string of the molecule is CCCNC1COCC1C(=O)N1CCOCC1(C)C. The highest BCUT2D eigenvalue weighted by Gasteiger charge is 2.42. The summed E-state index contributed by atoms with van der Waals surface area (Å²) in [6.07, 6.45) is 1.07. The lowest BCUT2D eigenvalue weighted by molar-refractivity contribution is -0.151. The third kappa shape index (κ3) is 3.27. The Hall–Kier alpha value is -0.650. The Bertz CT molecular complexity index is 320. The van der Waals surface area contributed by atoms with E-state index in [4.69, 9.17) is 9.47 Å². The molecule has 1 N–H and O–H groups in total. The van der Waals surface area contributed by atoms with Gasteiger partial charge in [-0.25, -0.2) is 0 Å². The summed E-state index contributed by atoms with van der Waals surface area (Å²) in [7, 11) is 0. The van der Waals surface area contributed by atoms with Gasteiger partial charge in [0.05, 0.1) is 37.9 Å². The van der Waals surface area contributed by atoms with E-state index in [-0.39, 0.29) is 23.4 Å². The van der Waals surface area contributed by atoms with E-state index in [2.05, 4.69) is 26.1 Å². The predicted octanol–water partition coefficient (Wildman–Crippen LogP) is 0.638. The van der Waals surface area contributed by atoms with E-state index in [1.165, 1.54) is 0 Å². The first kappa shape index (κ1) is 14.8. The molecule has 5 heteroatoms. The van der Waals surface area contributed by atoms with Crippen LogP contribution in [0.15, 0.2) is 0 Å². The molecule has 0 saturated carbocycles. The van der Waals surface area contributed by atoms with Crippen LogP contribution in [0.2, 0.25) is 0 Å². The third-order valence-electron chi connectivity index (χ3n) is 3.97. The van der Waals surface area contributed by atoms with E-state index < -0.39 is 0 Å². The second kappa shape index (κ2) is 6.20. The van der Waals surface area contributed by atoms with E-state index in [0.717, 1.165) is 13.0 Å². The molecule has 2 atom stereocenters. The molecule has 0 spiro atoms. The van der Waals surface area contributed by atoms with Crippen LogP contribution in [0.5, 0.6) is 0 Å². The molecule has 0 bridgehead atoms. The van der Waals surface area contributed by atoms with Gasteiger partial charge >= 0.3 is 0 Å². The number of morpholine rings is 1. The summed E-state index contributed by atoms with van der Waals surface area (Å²) in [5, 5.41) is 3.42. The number of amides is 1. The maximum atomic E-state index is 12.7. The van der Waals surface area contributed by atoms with Crippen molar-refractivity contribution in [3.05, 3.63) is 0 Å². The summed E-state index contributed by atoms with van der Waals surface area (Å²) in [6.45, 7) is 10.3. The van der Waals surface area contributed by atoms with Crippen LogP contribution >= 0.6 is 0 Å². The molecule has 5 nitrogen and oxygen atoms in total. The molecule has 1 amide bonds. The van der Waals surface area contributed by atoms with Gasteiger partial charge in [0.2, 0.25) is 5.91 Å². The monoisotopic (exact) mass is 270 g/mol. The molecule has 0 radical (unpaired) electrons. The molecule has 2 unspecified atom stereocenters. The zero-order chi connectivity index (χ0) is 13.9. The van der Waals surface area contributed by atoms with Crippen LogP contribution in [0.3, 0.4) is 0 Å². The van der Waals surface area contributed by atoms with Gasteiger partial charge in [-0.2, -0.15) is 0 Å². The van der Waals surface area contributed by atoms with Crippen molar-refractivity contribution in [1.82, 2.24) is 10.2 Å². The predicted molar refractivity (Wildman–Crippen MR) is 73.0 cm³/mol. The van der Waals surface area contributed by atoms with Crippen LogP contribution < -0.4 is 5.32 Å². The quantitative estimate of drug-likeness (QED) is 0.814. The van der Waals surface area contributed by atoms with Crippen molar-refractivity contribution in [2.75, 3.05) is 39.5 Å². The zero-order valence-electron chi connectivity index (χ0n) is 12.3. The van der Waals surface area contributed by atoms with Gasteiger partial charge in [0.25, 0.3) is 0 Å². The number of hydrogen-bond donors (Lipinski definition) is 1. The molecule has 110 valence electrons. The maximum absolute atomic E-state index is 12.7. The van der Waals surface area contributed by atoms with Crippen LogP contribution in [0.4, 0.5) is 0 Å². The van der Waals surface area contributed by atoms with Gasteiger partial charge in [-0.3, -0.25) is 4.79 Å². The Balaban J connectivity index is 2.01. The van der Waals surface area contributed by atoms with Crippen molar-refractivity contribution in [3.8, 4) is 0 Å². The van der Waals surface area contributed by atoms with Crippen LogP contribution in [-0.2, 0) is 14.3 Å². The molecule has 2 heterocycles. The highest BCUT2D eigenvalue weighted by Crippen LogP contribution is 2.25. The molecule has 2 saturated heterocycles. The Morgan fingerprint density at radius 3 is 2.84 bits per heavy atom. The fourth-order valence-corrected chi connectivity index (χ4v) is 2.80. The first-order valence-corrected chi connectivity index (χ1v) is 7.26. The number of nitrogens with one attached hydrogen (secondary N) is 1. The van der Waals surface area contributed by atoms with E-state index >= 15 is 0 Å². The molecular formula is C14H26N2O3. The van der Waals surface area contributed by atoms with Gasteiger partial charge in [-0.05, 0) is 26.8 Å². The van der Waals surface area contributed by atoms with Crippen molar-refractivity contribution in [1.29, 1.82) is 0 Å². The molecule has 0 aromatic heterocycles. The fourth-order valence-electron chi connectivity index (χ4n) is 2.80. The highest BCUT2D eigenvalue weighted by atomic mass is 16.5. The Morgan fingerprint density at radius 2 is 2.16 bits per heavy atom. The molecule has 2 aliphatic heterocycles. The molecule has 2 fully saturated rings. The third-order valence-corrected chi connectivity index (χ3v) is 3.97. The first-order valence-electron chi connectivity index (χ1n) is 7.26. The van der Waals surface area contributed by atoms with Crippen LogP contribution in [0, 0.1) is 5.92 Å². The molecule has 0 aromatic carbocycles. The van der Waals surface area contributed by atoms with Gasteiger partial charge in [0.1, 0.15) is 0 Å². The Morgan fingerprint density at radius 1 is 1.37 bits per heavy atom. The van der Waals surface area contributed by atoms with Gasteiger partial charge < -0.3 is 19.7 Å². The molecule has 2 rings (SSSR count). The Labute approximate surface area is 115 Å². The summed E-state index contributed by atoms with van der Waals surface area (Å²) in [6, 6.07) is 0.158. The van der Waals surface area contributed by atoms with Gasteiger partial charge in [0, 0.05) is 12.6 Å². The molecule has 0 aromatic rings. The van der Waals surface area contributed by atoms with E-state index in [9.17, 15) is 4.79 Å². The minimum Gasteiger partial charge on any atom is -0.379 e. The largest absolute Gasteiger partial charge is 0.379 e. The number of ether oxygens (including phenoxy) is 2. The fraction of sp³-hybridized carbons (Fsp3) is 0.929. The topological polar surface area (TPSA) is 50.8 Å². The van der Waals surface area contributed by atoms with Crippen molar-refractivity contribution < 1.29 is 14.3 Å². The molecule has 2 aliphatic rings. The first-order chi connectivity index (χ1) is 9.06. The van der Waals surface area contributed by atoms with Crippen molar-refractivity contribution >= 4 is 5.91 Å². The van der Waals surface area contributed by atoms with Crippen molar-refractivity contribution in [2.24, 2.45) is 5.92 Å². The van der Waals surface area contributed by atoms with Crippen molar-refractivity contribution in [3.63, 3.8) is 0 Å². The lowest BCUT2D eigenvalue weighted by Gasteiger charge is -2.43. The number of rotatable bonds is 4. The van der Waals surface area contributed by atoms with Gasteiger partial charge in [-0.1, -0.05) is 6.92 Å². The average Bonchev–Trinajstić information content (AvgIpc) is 2.83. The minimum absolute atomic E-state index is 0.0519. The smallest absolute Gasteiger partial charge is 0.230 e. The normalized spacial score (nSPS) is 30.6. The molecular weight excluding hydrogens is 244 g/mol. The van der Waals surface area contributed by atoms with E-state index in [1.54, 1.807) is 0 Å². The van der Waals surface area contributed by atoms with Gasteiger partial charge in [-0.15, -0.1) is 0 Å². The maximum Gasteiger partial charge on any atom is 0.230 e. The summed E-state index contributed by atoms with van der Waals surface area (Å²) >= 11 is 0. The number of hydrogen-bond acceptors (Lipinski definition) is 4. The highest BCUT2D eigenvalue weighted by molar-refractivity contribution is 5.81. The lowest BCUT2D eigenvalue weighted by atomic mass is 9.96. The molecule has 0 aliphatic carbocycles. The summed E-state index contributed by atoms with van der Waals surface area (Å²) < 4.78 is 11.0. The standard InChI is InChI=1S/C14H26N2O3/c1-4-5-15-12-9-19-8-11(12)13(17)16-6-7-18-10-14(16,2)3/h11-12,15H,4-10H2,1-3H3. The number of carbonyl (C=O) groups is 1. The second-order valence-corrected chi connectivity index (χ2v) is 6.06. The van der Waals surface area contributed by atoms with E-state index in [0.29, 0.717) is 33.0 Å². The van der Waals surface area contributed by atoms with E-state index in [1.807, 2.05) is 4.90 Å².